The molecule has 6 rings (SSSR count). The summed E-state index contributed by atoms with van der Waals surface area (Å²) in [4.78, 5) is 20.1. The largest absolute Gasteiger partial charge is 0.497 e. The minimum atomic E-state index is -4.59. The van der Waals surface area contributed by atoms with E-state index in [9.17, 15) is 18.0 Å². The van der Waals surface area contributed by atoms with Crippen molar-refractivity contribution >= 4 is 22.6 Å². The molecule has 37 heavy (non-hydrogen) atoms. The maximum absolute atomic E-state index is 13.5. The third-order valence-electron chi connectivity index (χ3n) is 7.62. The van der Waals surface area contributed by atoms with Crippen molar-refractivity contribution in [3.8, 4) is 5.75 Å². The number of para-hydroxylation sites is 1. The third kappa shape index (κ3) is 5.00. The number of pyridine rings is 1. The summed E-state index contributed by atoms with van der Waals surface area (Å²) in [5.41, 5.74) is 0.406. The van der Waals surface area contributed by atoms with Crippen molar-refractivity contribution in [2.24, 2.45) is 11.8 Å². The maximum atomic E-state index is 13.5. The number of amides is 2. The normalized spacial score (nSPS) is 23.9. The van der Waals surface area contributed by atoms with Crippen LogP contribution in [0.4, 0.5) is 23.7 Å². The molecule has 3 aromatic rings. The quantitative estimate of drug-likeness (QED) is 0.398. The third-order valence-corrected chi connectivity index (χ3v) is 7.62. The van der Waals surface area contributed by atoms with E-state index in [0.717, 1.165) is 48.5 Å². The zero-order valence-corrected chi connectivity index (χ0v) is 20.5. The minimum Gasteiger partial charge on any atom is -0.497 e. The highest BCUT2D eigenvalue weighted by Gasteiger charge is 2.43. The Bertz CT molecular complexity index is 1310. The van der Waals surface area contributed by atoms with E-state index in [0.29, 0.717) is 17.6 Å². The van der Waals surface area contributed by atoms with E-state index in [4.69, 9.17) is 4.74 Å². The number of nitrogens with zero attached hydrogens (tertiary/aromatic N) is 2. The Kier molecular flexibility index (Phi) is 6.81. The first-order chi connectivity index (χ1) is 17.8. The van der Waals surface area contributed by atoms with Crippen LogP contribution in [0, 0.1) is 11.8 Å². The molecule has 9 heteroatoms. The molecule has 2 N–H and O–H groups in total. The van der Waals surface area contributed by atoms with Crippen LogP contribution in [0.1, 0.15) is 30.0 Å². The molecule has 194 valence electrons. The summed E-state index contributed by atoms with van der Waals surface area (Å²) in [6.45, 7) is 5.72. The zero-order chi connectivity index (χ0) is 26.2. The number of nitrogens with one attached hydrogen (secondary N) is 2. The SMILES string of the molecule is C=CC1CN2CCC1C[C@H]2[C@@H](NC(=O)Nc1ccccc1C(F)(F)F)c1ccnc2ccc(OC)cc12. The Morgan fingerprint density at radius 3 is 2.76 bits per heavy atom. The van der Waals surface area contributed by atoms with Crippen molar-refractivity contribution in [3.05, 3.63) is 78.5 Å². The van der Waals surface area contributed by atoms with E-state index in [2.05, 4.69) is 27.1 Å². The molecule has 3 unspecified atom stereocenters. The molecule has 0 aliphatic carbocycles. The molecular formula is C28H29F3N4O2. The number of hydrogen-bond acceptors (Lipinski definition) is 4. The van der Waals surface area contributed by atoms with E-state index in [1.807, 2.05) is 30.3 Å². The molecule has 2 aromatic carbocycles. The number of methoxy groups -OCH3 is 1. The Balaban J connectivity index is 1.51. The number of carbonyl (C=O) groups is 1. The number of anilines is 1. The van der Waals surface area contributed by atoms with Crippen LogP contribution in [0.3, 0.4) is 0 Å². The van der Waals surface area contributed by atoms with Gasteiger partial charge in [0.1, 0.15) is 5.75 Å². The number of benzene rings is 2. The number of halogens is 3. The van der Waals surface area contributed by atoms with Crippen LogP contribution in [0.15, 0.2) is 67.4 Å². The number of fused-ring (bicyclic) bond motifs is 4. The highest BCUT2D eigenvalue weighted by molar-refractivity contribution is 5.91. The van der Waals surface area contributed by atoms with E-state index >= 15 is 0 Å². The van der Waals surface area contributed by atoms with Gasteiger partial charge in [0.25, 0.3) is 0 Å². The molecule has 5 atom stereocenters. The second-order valence-corrected chi connectivity index (χ2v) is 9.65. The van der Waals surface area contributed by atoms with Gasteiger partial charge in [-0.15, -0.1) is 6.58 Å². The van der Waals surface area contributed by atoms with Crippen LogP contribution in [-0.2, 0) is 6.18 Å². The van der Waals surface area contributed by atoms with Crippen LogP contribution < -0.4 is 15.4 Å². The second kappa shape index (κ2) is 10.0. The lowest BCUT2D eigenvalue weighted by molar-refractivity contribution is -0.136. The van der Waals surface area contributed by atoms with Gasteiger partial charge in [0.15, 0.2) is 0 Å². The van der Waals surface area contributed by atoms with Gasteiger partial charge in [0.05, 0.1) is 29.9 Å². The van der Waals surface area contributed by atoms with Gasteiger partial charge in [0.2, 0.25) is 0 Å². The molecule has 2 bridgehead atoms. The lowest BCUT2D eigenvalue weighted by Crippen LogP contribution is -2.57. The van der Waals surface area contributed by atoms with Gasteiger partial charge in [0, 0.05) is 24.2 Å². The second-order valence-electron chi connectivity index (χ2n) is 9.65. The predicted molar refractivity (Wildman–Crippen MR) is 136 cm³/mol. The Morgan fingerprint density at radius 2 is 2.05 bits per heavy atom. The number of piperidine rings is 3. The van der Waals surface area contributed by atoms with Gasteiger partial charge in [-0.2, -0.15) is 13.2 Å². The average molecular weight is 511 g/mol. The van der Waals surface area contributed by atoms with Crippen LogP contribution in [-0.4, -0.2) is 42.2 Å². The molecule has 3 aliphatic rings. The van der Waals surface area contributed by atoms with Gasteiger partial charge in [-0.05, 0) is 73.2 Å². The number of hydrogen-bond donors (Lipinski definition) is 2. The minimum absolute atomic E-state index is 0.0321. The number of ether oxygens (including phenoxy) is 1. The van der Waals surface area contributed by atoms with Crippen LogP contribution >= 0.6 is 0 Å². The van der Waals surface area contributed by atoms with E-state index in [-0.39, 0.29) is 11.7 Å². The number of urea groups is 1. The topological polar surface area (TPSA) is 66.5 Å². The van der Waals surface area contributed by atoms with Crippen molar-refractivity contribution in [2.75, 3.05) is 25.5 Å². The molecule has 3 aliphatic heterocycles. The molecule has 1 aromatic heterocycles. The van der Waals surface area contributed by atoms with E-state index < -0.39 is 23.8 Å². The highest BCUT2D eigenvalue weighted by atomic mass is 19.4. The Labute approximate surface area is 213 Å². The molecule has 3 saturated heterocycles. The zero-order valence-electron chi connectivity index (χ0n) is 20.5. The molecule has 6 nitrogen and oxygen atoms in total. The van der Waals surface area contributed by atoms with Crippen molar-refractivity contribution < 1.29 is 22.7 Å². The van der Waals surface area contributed by atoms with Crippen LogP contribution in [0.2, 0.25) is 0 Å². The number of alkyl halides is 3. The first-order valence-electron chi connectivity index (χ1n) is 12.3. The maximum Gasteiger partial charge on any atom is 0.418 e. The Hall–Kier alpha value is -3.59. The molecule has 4 heterocycles. The van der Waals surface area contributed by atoms with Gasteiger partial charge >= 0.3 is 12.2 Å². The van der Waals surface area contributed by atoms with Gasteiger partial charge < -0.3 is 15.4 Å². The van der Waals surface area contributed by atoms with Crippen LogP contribution in [0.25, 0.3) is 10.9 Å². The van der Waals surface area contributed by atoms with Crippen molar-refractivity contribution in [2.45, 2.75) is 31.1 Å². The summed E-state index contributed by atoms with van der Waals surface area (Å²) < 4.78 is 46.0. The summed E-state index contributed by atoms with van der Waals surface area (Å²) in [5.74, 6) is 1.47. The fourth-order valence-electron chi connectivity index (χ4n) is 5.79. The summed E-state index contributed by atoms with van der Waals surface area (Å²) >= 11 is 0. The average Bonchev–Trinajstić information content (AvgIpc) is 2.91. The fraction of sp³-hybridized carbons (Fsp3) is 0.357. The highest BCUT2D eigenvalue weighted by Crippen LogP contribution is 2.42. The monoisotopic (exact) mass is 510 g/mol. The smallest absolute Gasteiger partial charge is 0.418 e. The number of carbonyl (C=O) groups excluding carboxylic acids is 1. The summed E-state index contributed by atoms with van der Waals surface area (Å²) in [7, 11) is 1.58. The summed E-state index contributed by atoms with van der Waals surface area (Å²) in [6.07, 6.45) is 1.00. The molecule has 3 fully saturated rings. The first-order valence-corrected chi connectivity index (χ1v) is 12.3. The van der Waals surface area contributed by atoms with Crippen molar-refractivity contribution in [3.63, 3.8) is 0 Å². The predicted octanol–water partition coefficient (Wildman–Crippen LogP) is 6.02. The Morgan fingerprint density at radius 1 is 1.24 bits per heavy atom. The number of rotatable bonds is 6. The standard InChI is InChI=1S/C28H29F3N4O2/c1-3-17-16-35-13-11-18(17)14-25(35)26(20-10-12-32-23-9-8-19(37-2)15-21(20)23)34-27(36)33-24-7-5-4-6-22(24)28(29,30)31/h3-10,12,15,17-18,25-26H,1,11,13-14,16H2,2H3,(H2,33,34,36)/t17?,18?,25-,26-/m0/s1. The molecular weight excluding hydrogens is 481 g/mol. The van der Waals surface area contributed by atoms with E-state index in [1.165, 1.54) is 18.2 Å². The summed E-state index contributed by atoms with van der Waals surface area (Å²) in [6, 6.07) is 11.2. The van der Waals surface area contributed by atoms with E-state index in [1.54, 1.807) is 13.3 Å². The fourth-order valence-corrected chi connectivity index (χ4v) is 5.79. The van der Waals surface area contributed by atoms with Crippen molar-refractivity contribution in [1.29, 1.82) is 0 Å². The van der Waals surface area contributed by atoms with Crippen molar-refractivity contribution in [1.82, 2.24) is 15.2 Å². The van der Waals surface area contributed by atoms with Gasteiger partial charge in [-0.1, -0.05) is 18.2 Å². The molecule has 0 saturated carbocycles. The lowest BCUT2D eigenvalue weighted by Gasteiger charge is -2.51. The number of aromatic nitrogens is 1. The van der Waals surface area contributed by atoms with Gasteiger partial charge in [-0.25, -0.2) is 4.79 Å². The molecule has 2 amide bonds. The lowest BCUT2D eigenvalue weighted by atomic mass is 9.73. The summed E-state index contributed by atoms with van der Waals surface area (Å²) in [5, 5.41) is 6.29. The first kappa shape index (κ1) is 25.1. The molecule has 0 spiro atoms. The molecule has 0 radical (unpaired) electrons. The van der Waals surface area contributed by atoms with Crippen LogP contribution in [0.5, 0.6) is 5.75 Å². The van der Waals surface area contributed by atoms with Gasteiger partial charge in [-0.3, -0.25) is 9.88 Å².